The zero-order valence-electron chi connectivity index (χ0n) is 30.0. The zero-order valence-corrected chi connectivity index (χ0v) is 30.0. The number of hydrogen-bond acceptors (Lipinski definition) is 9. The second-order valence-electron chi connectivity index (χ2n) is 12.7. The minimum atomic E-state index is -4.55. The lowest BCUT2D eigenvalue weighted by atomic mass is 10.0. The van der Waals surface area contributed by atoms with Crippen molar-refractivity contribution in [1.82, 2.24) is 15.5 Å². The maximum atomic E-state index is 13.0. The van der Waals surface area contributed by atoms with E-state index in [1.54, 1.807) is 31.3 Å². The van der Waals surface area contributed by atoms with E-state index in [0.717, 1.165) is 36.3 Å². The van der Waals surface area contributed by atoms with Crippen LogP contribution in [0.2, 0.25) is 0 Å². The van der Waals surface area contributed by atoms with Crippen LogP contribution in [0.3, 0.4) is 0 Å². The molecule has 4 atom stereocenters. The Kier molecular flexibility index (Phi) is 22.7. The molecule has 0 unspecified atom stereocenters. The Morgan fingerprint density at radius 3 is 1.83 bits per heavy atom. The van der Waals surface area contributed by atoms with Gasteiger partial charge in [0.1, 0.15) is 18.3 Å². The largest absolute Gasteiger partial charge is 0.474 e. The number of unbranched alkanes of at least 4 members (excludes halogenated alkanes) is 9. The Balaban J connectivity index is 0.000000880. The van der Waals surface area contributed by atoms with Crippen molar-refractivity contribution in [2.75, 3.05) is 26.7 Å². The first-order valence-corrected chi connectivity index (χ1v) is 17.7. The predicted molar refractivity (Wildman–Crippen MR) is 189 cm³/mol. The van der Waals surface area contributed by atoms with Gasteiger partial charge in [0.2, 0.25) is 0 Å². The van der Waals surface area contributed by atoms with E-state index in [9.17, 15) is 37.8 Å². The molecule has 2 amide bonds. The lowest BCUT2D eigenvalue weighted by molar-refractivity contribution is -0.156. The number of nitrogens with one attached hydrogen (secondary N) is 2. The Morgan fingerprint density at radius 2 is 1.31 bits per heavy atom. The van der Waals surface area contributed by atoms with Crippen molar-refractivity contribution in [3.63, 3.8) is 0 Å². The van der Waals surface area contributed by atoms with Crippen LogP contribution in [-0.4, -0.2) is 104 Å². The van der Waals surface area contributed by atoms with Crippen LogP contribution in [-0.2, 0) is 28.9 Å². The quantitative estimate of drug-likeness (QED) is 0.0651. The van der Waals surface area contributed by atoms with Gasteiger partial charge < -0.3 is 46.2 Å². The third-order valence-electron chi connectivity index (χ3n) is 8.24. The number of aliphatic hydroxyl groups excluding tert-OH is 5. The third kappa shape index (κ3) is 18.2. The number of rotatable bonds is 22. The number of hydrogen-bond donors (Lipinski definition) is 8. The average Bonchev–Trinajstić information content (AvgIpc) is 3.12. The molecule has 0 saturated heterocycles. The van der Waals surface area contributed by atoms with E-state index < -0.39 is 54.6 Å². The SMILES string of the molecule is CCCCCCCCCCCCNC(=O)c1ccc(CN(Cc2cccc(C(F)(F)F)c2)C(=O)C(=O)O)cc1.CNC[C@H](O)[C@@H](O)[C@H](O)[C@H](O)CO. The van der Waals surface area contributed by atoms with Crippen LogP contribution >= 0.6 is 0 Å². The van der Waals surface area contributed by atoms with Crippen LogP contribution < -0.4 is 10.6 Å². The van der Waals surface area contributed by atoms with Crippen molar-refractivity contribution < 1.29 is 58.2 Å². The average molecular weight is 744 g/mol. The number of carbonyl (C=O) groups excluding carboxylic acids is 2. The molecule has 0 spiro atoms. The highest BCUT2D eigenvalue weighted by atomic mass is 19.4. The van der Waals surface area contributed by atoms with Gasteiger partial charge in [-0.05, 0) is 48.9 Å². The molecule has 8 N–H and O–H groups in total. The lowest BCUT2D eigenvalue weighted by Crippen LogP contribution is -2.48. The Morgan fingerprint density at radius 1 is 0.769 bits per heavy atom. The van der Waals surface area contributed by atoms with E-state index in [-0.39, 0.29) is 31.1 Å². The Hall–Kier alpha value is -3.60. The number of benzene rings is 2. The maximum absolute atomic E-state index is 13.0. The number of carbonyl (C=O) groups is 3. The van der Waals surface area contributed by atoms with Gasteiger partial charge in [0.15, 0.2) is 0 Å². The van der Waals surface area contributed by atoms with Gasteiger partial charge in [-0.3, -0.25) is 9.59 Å². The molecule has 0 aliphatic rings. The lowest BCUT2D eigenvalue weighted by Gasteiger charge is -2.25. The summed E-state index contributed by atoms with van der Waals surface area (Å²) in [4.78, 5) is 36.9. The standard InChI is InChI=1S/C30H39F3N2O4.C7H17NO5/c1-2-3-4-5-6-7-8-9-10-11-19-34-27(36)25-17-15-23(16-18-25)21-35(28(37)29(38)39)22-24-13-12-14-26(20-24)30(31,32)33;1-8-2-4(10)6(12)7(13)5(11)3-9/h12-18,20H,2-11,19,21-22H2,1H3,(H,34,36)(H,38,39);4-13H,2-3H2,1H3/t;4-,5+,6+,7+/m.0/s1. The molecular formula is C37H56F3N3O9. The van der Waals surface area contributed by atoms with Crippen molar-refractivity contribution >= 4 is 17.8 Å². The van der Waals surface area contributed by atoms with Gasteiger partial charge in [0.25, 0.3) is 5.91 Å². The predicted octanol–water partition coefficient (Wildman–Crippen LogP) is 3.61. The van der Waals surface area contributed by atoms with Crippen LogP contribution in [0, 0.1) is 0 Å². The number of carboxylic acids is 1. The molecule has 2 rings (SSSR count). The van der Waals surface area contributed by atoms with E-state index in [1.807, 2.05) is 0 Å². The fourth-order valence-corrected chi connectivity index (χ4v) is 5.19. The number of carboxylic acid groups (broad SMARTS) is 1. The Labute approximate surface area is 303 Å². The van der Waals surface area contributed by atoms with Crippen molar-refractivity contribution in [2.24, 2.45) is 0 Å². The molecule has 52 heavy (non-hydrogen) atoms. The van der Waals surface area contributed by atoms with Gasteiger partial charge in [0, 0.05) is 31.7 Å². The second kappa shape index (κ2) is 25.4. The number of likely N-dealkylation sites (N-methyl/N-ethyl adjacent to an activating group) is 1. The van der Waals surface area contributed by atoms with E-state index in [0.29, 0.717) is 17.7 Å². The summed E-state index contributed by atoms with van der Waals surface area (Å²) in [6.07, 6.45) is 1.90. The highest BCUT2D eigenvalue weighted by Gasteiger charge is 2.31. The minimum Gasteiger partial charge on any atom is -0.474 e. The number of alkyl halides is 3. The van der Waals surface area contributed by atoms with Gasteiger partial charge in [-0.25, -0.2) is 4.79 Å². The molecule has 0 aliphatic carbocycles. The van der Waals surface area contributed by atoms with E-state index >= 15 is 0 Å². The molecule has 294 valence electrons. The molecule has 2 aromatic rings. The van der Waals surface area contributed by atoms with Crippen molar-refractivity contribution in [1.29, 1.82) is 0 Å². The number of aliphatic carboxylic acids is 1. The first kappa shape index (κ1) is 46.4. The molecule has 2 aromatic carbocycles. The molecule has 0 bridgehead atoms. The number of amides is 2. The summed E-state index contributed by atoms with van der Waals surface area (Å²) >= 11 is 0. The van der Waals surface area contributed by atoms with Gasteiger partial charge in [-0.2, -0.15) is 13.2 Å². The van der Waals surface area contributed by atoms with Gasteiger partial charge in [-0.15, -0.1) is 0 Å². The van der Waals surface area contributed by atoms with Crippen molar-refractivity contribution in [2.45, 2.75) is 115 Å². The van der Waals surface area contributed by atoms with Crippen LogP contribution in [0.25, 0.3) is 0 Å². The zero-order chi connectivity index (χ0) is 39.1. The normalized spacial score (nSPS) is 13.7. The van der Waals surface area contributed by atoms with Crippen LogP contribution in [0.1, 0.15) is 98.2 Å². The van der Waals surface area contributed by atoms with Crippen molar-refractivity contribution in [3.8, 4) is 0 Å². The summed E-state index contributed by atoms with van der Waals surface area (Å²) in [5.74, 6) is -3.16. The maximum Gasteiger partial charge on any atom is 0.416 e. The highest BCUT2D eigenvalue weighted by Crippen LogP contribution is 2.30. The summed E-state index contributed by atoms with van der Waals surface area (Å²) in [6.45, 7) is 1.78. The monoisotopic (exact) mass is 743 g/mol. The second-order valence-corrected chi connectivity index (χ2v) is 12.7. The third-order valence-corrected chi connectivity index (χ3v) is 8.24. The summed E-state index contributed by atoms with van der Waals surface area (Å²) in [5.41, 5.74) is 0.251. The summed E-state index contributed by atoms with van der Waals surface area (Å²) in [5, 5.41) is 59.6. The summed E-state index contributed by atoms with van der Waals surface area (Å²) in [7, 11) is 1.57. The molecule has 0 aliphatic heterocycles. The highest BCUT2D eigenvalue weighted by molar-refractivity contribution is 6.31. The van der Waals surface area contributed by atoms with Gasteiger partial charge in [0.05, 0.1) is 18.3 Å². The molecule has 0 heterocycles. The smallest absolute Gasteiger partial charge is 0.416 e. The molecule has 0 aromatic heterocycles. The first-order chi connectivity index (χ1) is 24.7. The van der Waals surface area contributed by atoms with E-state index in [1.165, 1.54) is 57.1 Å². The van der Waals surface area contributed by atoms with E-state index in [2.05, 4.69) is 17.6 Å². The molecule has 0 radical (unpaired) electrons. The minimum absolute atomic E-state index is 0.0936. The molecular weight excluding hydrogens is 687 g/mol. The molecule has 15 heteroatoms. The van der Waals surface area contributed by atoms with Gasteiger partial charge >= 0.3 is 18.1 Å². The van der Waals surface area contributed by atoms with Gasteiger partial charge in [-0.1, -0.05) is 89.0 Å². The topological polar surface area (TPSA) is 200 Å². The Bertz CT molecular complexity index is 1320. The molecule has 0 saturated carbocycles. The summed E-state index contributed by atoms with van der Waals surface area (Å²) < 4.78 is 39.1. The molecule has 12 nitrogen and oxygen atoms in total. The van der Waals surface area contributed by atoms with Crippen LogP contribution in [0.4, 0.5) is 13.2 Å². The number of aliphatic hydroxyl groups is 5. The summed E-state index contributed by atoms with van der Waals surface area (Å²) in [6, 6.07) is 10.8. The fourth-order valence-electron chi connectivity index (χ4n) is 5.19. The van der Waals surface area contributed by atoms with Crippen LogP contribution in [0.15, 0.2) is 48.5 Å². The fraction of sp³-hybridized carbons (Fsp3) is 0.595. The first-order valence-electron chi connectivity index (χ1n) is 17.7. The van der Waals surface area contributed by atoms with Crippen LogP contribution in [0.5, 0.6) is 0 Å². The number of nitrogens with zero attached hydrogens (tertiary/aromatic N) is 1. The van der Waals surface area contributed by atoms with E-state index in [4.69, 9.17) is 20.4 Å². The van der Waals surface area contributed by atoms with Crippen molar-refractivity contribution in [3.05, 3.63) is 70.8 Å². The number of halogens is 3. The molecule has 0 fully saturated rings.